The Balaban J connectivity index is 1.39. The minimum absolute atomic E-state index is 0.0161. The number of hydrogen-bond acceptors (Lipinski definition) is 7. The summed E-state index contributed by atoms with van der Waals surface area (Å²) < 4.78 is 50.4. The van der Waals surface area contributed by atoms with Gasteiger partial charge in [-0.2, -0.15) is 5.10 Å². The van der Waals surface area contributed by atoms with E-state index in [1.54, 1.807) is 36.1 Å². The molecule has 5 rings (SSSR count). The number of amides is 2. The van der Waals surface area contributed by atoms with Crippen LogP contribution in [-0.4, -0.2) is 44.5 Å². The number of alkyl halides is 3. The number of hydrogen-bond donors (Lipinski definition) is 2. The molecule has 192 valence electrons. The first-order valence-corrected chi connectivity index (χ1v) is 11.4. The van der Waals surface area contributed by atoms with Crippen molar-refractivity contribution in [3.8, 4) is 17.2 Å². The van der Waals surface area contributed by atoms with Crippen LogP contribution in [-0.2, 0) is 11.3 Å². The molecule has 37 heavy (non-hydrogen) atoms. The van der Waals surface area contributed by atoms with Gasteiger partial charge in [0.15, 0.2) is 11.4 Å². The van der Waals surface area contributed by atoms with Crippen LogP contribution in [0.3, 0.4) is 0 Å². The monoisotopic (exact) mass is 514 g/mol. The molecule has 1 saturated heterocycles. The van der Waals surface area contributed by atoms with Crippen molar-refractivity contribution in [1.82, 2.24) is 25.1 Å². The van der Waals surface area contributed by atoms with Crippen molar-refractivity contribution >= 4 is 28.4 Å². The Morgan fingerprint density at radius 3 is 2.89 bits per heavy atom. The third-order valence-electron chi connectivity index (χ3n) is 5.88. The van der Waals surface area contributed by atoms with E-state index in [1.807, 2.05) is 0 Å². The van der Waals surface area contributed by atoms with Gasteiger partial charge in [-0.3, -0.25) is 19.3 Å². The third kappa shape index (κ3) is 5.55. The molecule has 10 nitrogen and oxygen atoms in total. The van der Waals surface area contributed by atoms with Crippen LogP contribution in [0.4, 0.5) is 18.9 Å². The van der Waals surface area contributed by atoms with Crippen LogP contribution in [0.1, 0.15) is 29.0 Å². The van der Waals surface area contributed by atoms with Crippen LogP contribution in [0.15, 0.2) is 47.3 Å². The number of halogens is 3. The maximum atomic E-state index is 13.1. The summed E-state index contributed by atoms with van der Waals surface area (Å²) in [4.78, 5) is 32.8. The van der Waals surface area contributed by atoms with Gasteiger partial charge in [0.25, 0.3) is 5.91 Å². The van der Waals surface area contributed by atoms with E-state index in [4.69, 9.17) is 4.42 Å². The normalized spacial score (nSPS) is 15.7. The van der Waals surface area contributed by atoms with Crippen molar-refractivity contribution in [2.75, 3.05) is 11.9 Å². The Morgan fingerprint density at radius 1 is 1.32 bits per heavy atom. The van der Waals surface area contributed by atoms with Gasteiger partial charge in [0.2, 0.25) is 11.8 Å². The number of aryl methyl sites for hydroxylation is 2. The van der Waals surface area contributed by atoms with Gasteiger partial charge in [-0.15, -0.1) is 13.2 Å². The Bertz CT molecular complexity index is 1480. The quantitative estimate of drug-likeness (QED) is 0.381. The predicted octanol–water partition coefficient (Wildman–Crippen LogP) is 4.07. The average molecular weight is 514 g/mol. The van der Waals surface area contributed by atoms with Crippen LogP contribution >= 0.6 is 0 Å². The molecule has 4 heterocycles. The number of benzene rings is 1. The molecule has 0 bridgehead atoms. The zero-order valence-electron chi connectivity index (χ0n) is 19.5. The molecule has 3 aromatic heterocycles. The first-order chi connectivity index (χ1) is 17.6. The van der Waals surface area contributed by atoms with Crippen molar-refractivity contribution in [3.05, 3.63) is 54.3 Å². The first kappa shape index (κ1) is 24.3. The predicted molar refractivity (Wildman–Crippen MR) is 125 cm³/mol. The average Bonchev–Trinajstić information content (AvgIpc) is 3.56. The second kappa shape index (κ2) is 9.56. The number of anilines is 1. The van der Waals surface area contributed by atoms with Gasteiger partial charge >= 0.3 is 6.36 Å². The van der Waals surface area contributed by atoms with Crippen LogP contribution in [0, 0.1) is 12.8 Å². The summed E-state index contributed by atoms with van der Waals surface area (Å²) in [6, 6.07) is 5.81. The van der Waals surface area contributed by atoms with Crippen molar-refractivity contribution in [2.24, 2.45) is 5.92 Å². The summed E-state index contributed by atoms with van der Waals surface area (Å²) in [6.07, 6.45) is 0.583. The molecule has 1 aromatic carbocycles. The Labute approximate surface area is 207 Å². The molecule has 4 aromatic rings. The molecule has 0 aliphatic carbocycles. The first-order valence-electron chi connectivity index (χ1n) is 11.4. The highest BCUT2D eigenvalue weighted by molar-refractivity contribution is 6.05. The molecule has 2 amide bonds. The Kier molecular flexibility index (Phi) is 6.27. The van der Waals surface area contributed by atoms with E-state index in [1.165, 1.54) is 6.07 Å². The molecule has 0 saturated carbocycles. The lowest BCUT2D eigenvalue weighted by atomic mass is 10.0. The number of aromatic nitrogens is 4. The Hall–Kier alpha value is -4.42. The van der Waals surface area contributed by atoms with Crippen LogP contribution in [0.25, 0.3) is 22.4 Å². The van der Waals surface area contributed by atoms with Crippen molar-refractivity contribution in [2.45, 2.75) is 32.7 Å². The number of rotatable bonds is 7. The van der Waals surface area contributed by atoms with Gasteiger partial charge in [-0.25, -0.2) is 4.98 Å². The van der Waals surface area contributed by atoms with Crippen molar-refractivity contribution < 1.29 is 31.9 Å². The van der Waals surface area contributed by atoms with Crippen molar-refractivity contribution in [3.63, 3.8) is 0 Å². The Morgan fingerprint density at radius 2 is 2.16 bits per heavy atom. The zero-order chi connectivity index (χ0) is 26.2. The number of nitrogens with one attached hydrogen (secondary N) is 2. The largest absolute Gasteiger partial charge is 0.573 e. The number of carbonyl (C=O) groups excluding carboxylic acids is 2. The van der Waals surface area contributed by atoms with Gasteiger partial charge in [0, 0.05) is 54.1 Å². The van der Waals surface area contributed by atoms with Gasteiger partial charge in [0.1, 0.15) is 6.26 Å². The molecule has 1 aliphatic heterocycles. The summed E-state index contributed by atoms with van der Waals surface area (Å²) >= 11 is 0. The van der Waals surface area contributed by atoms with E-state index >= 15 is 0 Å². The second-order valence-corrected chi connectivity index (χ2v) is 8.59. The summed E-state index contributed by atoms with van der Waals surface area (Å²) in [5.74, 6) is -1.39. The lowest BCUT2D eigenvalue weighted by Crippen LogP contribution is -2.20. The van der Waals surface area contributed by atoms with E-state index in [0.29, 0.717) is 30.5 Å². The molecule has 1 unspecified atom stereocenters. The minimum Gasteiger partial charge on any atom is -0.444 e. The number of pyridine rings is 1. The fourth-order valence-corrected chi connectivity index (χ4v) is 4.11. The summed E-state index contributed by atoms with van der Waals surface area (Å²) in [5.41, 5.74) is 1.21. The van der Waals surface area contributed by atoms with Crippen LogP contribution in [0.2, 0.25) is 0 Å². The topological polar surface area (TPSA) is 124 Å². The lowest BCUT2D eigenvalue weighted by Gasteiger charge is -2.13. The van der Waals surface area contributed by atoms with Gasteiger partial charge in [0.05, 0.1) is 11.2 Å². The minimum atomic E-state index is -4.99. The van der Waals surface area contributed by atoms with Crippen LogP contribution in [0.5, 0.6) is 5.75 Å². The third-order valence-corrected chi connectivity index (χ3v) is 5.88. The number of nitrogens with zero attached hydrogens (tertiary/aromatic N) is 4. The fourth-order valence-electron chi connectivity index (χ4n) is 4.11. The number of ether oxygens (including phenoxy) is 1. The molecular formula is C24H21F3N6O4. The number of oxazole rings is 1. The fraction of sp³-hybridized carbons (Fsp3) is 0.292. The van der Waals surface area contributed by atoms with E-state index in [2.05, 4.69) is 30.4 Å². The molecule has 2 N–H and O–H groups in total. The second-order valence-electron chi connectivity index (χ2n) is 8.59. The molecule has 1 aliphatic rings. The van der Waals surface area contributed by atoms with E-state index in [-0.39, 0.29) is 34.6 Å². The number of fused-ring (bicyclic) bond motifs is 1. The zero-order valence-corrected chi connectivity index (χ0v) is 19.5. The summed E-state index contributed by atoms with van der Waals surface area (Å²) in [6.45, 7) is 2.81. The standard InChI is InChI=1S/C24H21F3N6O4/c1-13-8-15(3-5-28-13)23-31-19(12-36-23)22(35)30-18-9-16-11-33(7-4-14-2-6-29-21(14)34)32-17(16)10-20(18)37-24(25,26)27/h3,5,8-12,14H,2,4,6-7H2,1H3,(H,29,34)(H,30,35). The van der Waals surface area contributed by atoms with Gasteiger partial charge < -0.3 is 19.8 Å². The maximum Gasteiger partial charge on any atom is 0.573 e. The maximum absolute atomic E-state index is 13.1. The molecule has 0 spiro atoms. The number of carbonyl (C=O) groups is 2. The highest BCUT2D eigenvalue weighted by Crippen LogP contribution is 2.34. The van der Waals surface area contributed by atoms with Crippen molar-refractivity contribution in [1.29, 1.82) is 0 Å². The van der Waals surface area contributed by atoms with Gasteiger partial charge in [-0.1, -0.05) is 0 Å². The molecule has 13 heteroatoms. The summed E-state index contributed by atoms with van der Waals surface area (Å²) in [5, 5.41) is 9.97. The molecule has 1 atom stereocenters. The molecule has 0 radical (unpaired) electrons. The summed E-state index contributed by atoms with van der Waals surface area (Å²) in [7, 11) is 0. The highest BCUT2D eigenvalue weighted by Gasteiger charge is 2.33. The molecule has 1 fully saturated rings. The SMILES string of the molecule is Cc1cc(-c2nc(C(=O)Nc3cc4cn(CCC5CCNC5=O)nc4cc3OC(F)(F)F)co2)ccn1. The lowest BCUT2D eigenvalue weighted by molar-refractivity contribution is -0.274. The smallest absolute Gasteiger partial charge is 0.444 e. The van der Waals surface area contributed by atoms with Crippen LogP contribution < -0.4 is 15.4 Å². The van der Waals surface area contributed by atoms with E-state index < -0.39 is 18.0 Å². The van der Waals surface area contributed by atoms with Gasteiger partial charge in [-0.05, 0) is 38.0 Å². The highest BCUT2D eigenvalue weighted by atomic mass is 19.4. The van der Waals surface area contributed by atoms with E-state index in [0.717, 1.165) is 24.4 Å². The van der Waals surface area contributed by atoms with E-state index in [9.17, 15) is 22.8 Å². The molecular weight excluding hydrogens is 493 g/mol.